The fraction of sp³-hybridized carbons (Fsp3) is 0.150. The van der Waals surface area contributed by atoms with Crippen LogP contribution in [0.1, 0.15) is 0 Å². The van der Waals surface area contributed by atoms with Crippen LogP contribution in [0.25, 0.3) is 31.6 Å². The van der Waals surface area contributed by atoms with Crippen LogP contribution >= 0.6 is 11.3 Å². The van der Waals surface area contributed by atoms with Gasteiger partial charge in [-0.2, -0.15) is 0 Å². The molecule has 4 aromatic rings. The summed E-state index contributed by atoms with van der Waals surface area (Å²) in [5, 5.41) is 2.35. The first-order valence-corrected chi connectivity index (χ1v) is 12.3. The maximum atomic E-state index is 6.46. The van der Waals surface area contributed by atoms with Crippen molar-refractivity contribution in [3.05, 3.63) is 60.7 Å². The van der Waals surface area contributed by atoms with Crippen LogP contribution < -0.4 is 4.43 Å². The molecule has 0 amide bonds. The van der Waals surface area contributed by atoms with Crippen LogP contribution in [-0.4, -0.2) is 13.3 Å². The number of para-hydroxylation sites is 1. The van der Waals surface area contributed by atoms with Crippen molar-refractivity contribution in [2.24, 2.45) is 0 Å². The number of aromatic nitrogens is 1. The lowest BCUT2D eigenvalue weighted by atomic mass is 10.1. The topological polar surface area (TPSA) is 22.1 Å². The first-order valence-electron chi connectivity index (χ1n) is 8.08. The van der Waals surface area contributed by atoms with Gasteiger partial charge in [-0.25, -0.2) is 4.98 Å². The van der Waals surface area contributed by atoms with Crippen LogP contribution in [0.15, 0.2) is 60.7 Å². The van der Waals surface area contributed by atoms with Gasteiger partial charge >= 0.3 is 0 Å². The fourth-order valence-electron chi connectivity index (χ4n) is 2.79. The molecule has 4 rings (SSSR count). The Morgan fingerprint density at radius 2 is 1.62 bits per heavy atom. The molecule has 0 atom stereocenters. The van der Waals surface area contributed by atoms with Gasteiger partial charge in [0.25, 0.3) is 0 Å². The van der Waals surface area contributed by atoms with Crippen LogP contribution in [0, 0.1) is 0 Å². The molecule has 4 heteroatoms. The number of benzene rings is 2. The summed E-state index contributed by atoms with van der Waals surface area (Å²) in [5.41, 5.74) is 2.01. The Bertz CT molecular complexity index is 1030. The Hall–Kier alpha value is -2.17. The second-order valence-electron chi connectivity index (χ2n) is 6.86. The summed E-state index contributed by atoms with van der Waals surface area (Å²) in [7, 11) is -1.72. The van der Waals surface area contributed by atoms with Crippen LogP contribution in [0.5, 0.6) is 5.75 Å². The molecule has 0 aliphatic carbocycles. The molecular weight excluding hydrogens is 330 g/mol. The van der Waals surface area contributed by atoms with E-state index in [0.717, 1.165) is 27.2 Å². The monoisotopic (exact) mass is 349 g/mol. The minimum atomic E-state index is -1.72. The number of hydrogen-bond donors (Lipinski definition) is 0. The molecule has 120 valence electrons. The average molecular weight is 350 g/mol. The van der Waals surface area contributed by atoms with Crippen molar-refractivity contribution in [3.8, 4) is 16.3 Å². The second-order valence-corrected chi connectivity index (χ2v) is 12.3. The van der Waals surface area contributed by atoms with Gasteiger partial charge in [0.2, 0.25) is 8.32 Å². The SMILES string of the molecule is C[Si](C)(C)Oc1c(-c2ccc3ccccc3n2)sc2ccccc12. The zero-order chi connectivity index (χ0) is 16.7. The van der Waals surface area contributed by atoms with Gasteiger partial charge in [-0.3, -0.25) is 0 Å². The molecule has 0 fully saturated rings. The van der Waals surface area contributed by atoms with E-state index in [4.69, 9.17) is 9.41 Å². The van der Waals surface area contributed by atoms with Crippen molar-refractivity contribution in [2.45, 2.75) is 19.6 Å². The molecule has 0 N–H and O–H groups in total. The van der Waals surface area contributed by atoms with Crippen molar-refractivity contribution in [2.75, 3.05) is 0 Å². The smallest absolute Gasteiger partial charge is 0.242 e. The largest absolute Gasteiger partial charge is 0.543 e. The summed E-state index contributed by atoms with van der Waals surface area (Å²) >= 11 is 1.76. The maximum absolute atomic E-state index is 6.46. The summed E-state index contributed by atoms with van der Waals surface area (Å²) in [5.74, 6) is 0.998. The molecule has 0 radical (unpaired) electrons. The third-order valence-electron chi connectivity index (χ3n) is 3.79. The van der Waals surface area contributed by atoms with Crippen molar-refractivity contribution >= 4 is 40.6 Å². The maximum Gasteiger partial charge on any atom is 0.242 e. The standard InChI is InChI=1S/C20H19NOSSi/c1-24(2,3)22-19-15-9-5-7-11-18(15)23-20(19)17-13-12-14-8-4-6-10-16(14)21-17/h4-13H,1-3H3. The Morgan fingerprint density at radius 1 is 0.875 bits per heavy atom. The minimum absolute atomic E-state index is 0.989. The average Bonchev–Trinajstić information content (AvgIpc) is 2.91. The molecule has 2 aromatic carbocycles. The van der Waals surface area contributed by atoms with E-state index < -0.39 is 8.32 Å². The highest BCUT2D eigenvalue weighted by Crippen LogP contribution is 2.44. The number of rotatable bonds is 3. The highest BCUT2D eigenvalue weighted by molar-refractivity contribution is 7.22. The van der Waals surface area contributed by atoms with Crippen LogP contribution in [0.3, 0.4) is 0 Å². The number of thiophene rings is 1. The molecule has 0 spiro atoms. The van der Waals surface area contributed by atoms with E-state index in [1.807, 2.05) is 12.1 Å². The van der Waals surface area contributed by atoms with E-state index in [-0.39, 0.29) is 0 Å². The number of pyridine rings is 1. The lowest BCUT2D eigenvalue weighted by Crippen LogP contribution is -2.29. The third kappa shape index (κ3) is 2.83. The summed E-state index contributed by atoms with van der Waals surface area (Å²) in [6.07, 6.45) is 0. The number of fused-ring (bicyclic) bond motifs is 2. The summed E-state index contributed by atoms with van der Waals surface area (Å²) in [4.78, 5) is 6.01. The Kier molecular flexibility index (Phi) is 3.66. The van der Waals surface area contributed by atoms with Gasteiger partial charge in [0.05, 0.1) is 16.1 Å². The quantitative estimate of drug-likeness (QED) is 0.403. The van der Waals surface area contributed by atoms with Crippen molar-refractivity contribution in [1.82, 2.24) is 4.98 Å². The summed E-state index contributed by atoms with van der Waals surface area (Å²) < 4.78 is 7.71. The fourth-order valence-corrected chi connectivity index (χ4v) is 4.79. The van der Waals surface area contributed by atoms with E-state index >= 15 is 0 Å². The first-order chi connectivity index (χ1) is 11.5. The predicted molar refractivity (Wildman–Crippen MR) is 107 cm³/mol. The third-order valence-corrected chi connectivity index (χ3v) is 5.78. The number of nitrogens with zero attached hydrogens (tertiary/aromatic N) is 1. The van der Waals surface area contributed by atoms with Gasteiger partial charge in [0, 0.05) is 15.5 Å². The highest BCUT2D eigenvalue weighted by Gasteiger charge is 2.23. The Labute approximate surface area is 146 Å². The summed E-state index contributed by atoms with van der Waals surface area (Å²) in [6.45, 7) is 6.66. The highest BCUT2D eigenvalue weighted by atomic mass is 32.1. The van der Waals surface area contributed by atoms with Crippen LogP contribution in [-0.2, 0) is 0 Å². The lowest BCUT2D eigenvalue weighted by molar-refractivity contribution is 0.568. The van der Waals surface area contributed by atoms with Gasteiger partial charge in [0.1, 0.15) is 5.75 Å². The molecular formula is C20H19NOSSi. The van der Waals surface area contributed by atoms with E-state index in [1.54, 1.807) is 11.3 Å². The summed E-state index contributed by atoms with van der Waals surface area (Å²) in [6, 6.07) is 20.9. The van der Waals surface area contributed by atoms with Crippen molar-refractivity contribution in [3.63, 3.8) is 0 Å². The second kappa shape index (κ2) is 5.72. The molecule has 0 saturated heterocycles. The Morgan fingerprint density at radius 3 is 2.46 bits per heavy atom. The number of hydrogen-bond acceptors (Lipinski definition) is 3. The minimum Gasteiger partial charge on any atom is -0.543 e. The molecule has 0 saturated carbocycles. The predicted octanol–water partition coefficient (Wildman–Crippen LogP) is 6.33. The first kappa shape index (κ1) is 15.4. The van der Waals surface area contributed by atoms with E-state index in [9.17, 15) is 0 Å². The van der Waals surface area contributed by atoms with Crippen molar-refractivity contribution in [1.29, 1.82) is 0 Å². The van der Waals surface area contributed by atoms with E-state index in [2.05, 4.69) is 68.2 Å². The van der Waals surface area contributed by atoms with Crippen LogP contribution in [0.2, 0.25) is 19.6 Å². The molecule has 24 heavy (non-hydrogen) atoms. The molecule has 0 aliphatic heterocycles. The van der Waals surface area contributed by atoms with Gasteiger partial charge in [0.15, 0.2) is 0 Å². The molecule has 2 aromatic heterocycles. The zero-order valence-electron chi connectivity index (χ0n) is 14.0. The molecule has 0 unspecified atom stereocenters. The molecule has 2 nitrogen and oxygen atoms in total. The molecule has 2 heterocycles. The van der Waals surface area contributed by atoms with Gasteiger partial charge < -0.3 is 4.43 Å². The Balaban J connectivity index is 1.95. The van der Waals surface area contributed by atoms with Gasteiger partial charge in [-0.15, -0.1) is 11.3 Å². The van der Waals surface area contributed by atoms with Crippen LogP contribution in [0.4, 0.5) is 0 Å². The molecule has 0 bridgehead atoms. The van der Waals surface area contributed by atoms with E-state index in [1.165, 1.54) is 10.1 Å². The lowest BCUT2D eigenvalue weighted by Gasteiger charge is -2.20. The van der Waals surface area contributed by atoms with Gasteiger partial charge in [-0.05, 0) is 43.9 Å². The zero-order valence-corrected chi connectivity index (χ0v) is 15.9. The molecule has 0 aliphatic rings. The normalized spacial score (nSPS) is 12.0. The van der Waals surface area contributed by atoms with Crippen molar-refractivity contribution < 1.29 is 4.43 Å². The van der Waals surface area contributed by atoms with Gasteiger partial charge in [-0.1, -0.05) is 36.4 Å². The van der Waals surface area contributed by atoms with E-state index in [0.29, 0.717) is 0 Å².